The molecule has 0 spiro atoms. The number of aliphatic hydroxyl groups is 1. The quantitative estimate of drug-likeness (QED) is 0.289. The Labute approximate surface area is 237 Å². The molecule has 1 fully saturated rings. The van der Waals surface area contributed by atoms with E-state index in [0.29, 0.717) is 32.4 Å². The van der Waals surface area contributed by atoms with E-state index in [1.165, 1.54) is 0 Å². The number of carbonyl (C=O) groups excluding carboxylic acids is 2. The molecule has 3 atom stereocenters. The van der Waals surface area contributed by atoms with E-state index in [1.807, 2.05) is 79.8 Å². The highest BCUT2D eigenvalue weighted by atomic mass is 16.3. The van der Waals surface area contributed by atoms with Crippen LogP contribution in [0.1, 0.15) is 37.8 Å². The van der Waals surface area contributed by atoms with Crippen LogP contribution in [0.2, 0.25) is 0 Å². The van der Waals surface area contributed by atoms with Gasteiger partial charge in [0.05, 0.1) is 17.0 Å². The Balaban J connectivity index is 1.66. The van der Waals surface area contributed by atoms with E-state index < -0.39 is 23.2 Å². The van der Waals surface area contributed by atoms with Crippen molar-refractivity contribution in [1.82, 2.24) is 25.2 Å². The summed E-state index contributed by atoms with van der Waals surface area (Å²) in [6.07, 6.45) is 3.32. The zero-order valence-corrected chi connectivity index (χ0v) is 24.4. The van der Waals surface area contributed by atoms with Crippen LogP contribution in [0.4, 0.5) is 0 Å². The molecule has 5 N–H and O–H groups in total. The van der Waals surface area contributed by atoms with E-state index in [0.717, 1.165) is 28.5 Å². The zero-order chi connectivity index (χ0) is 29.1. The van der Waals surface area contributed by atoms with Crippen molar-refractivity contribution in [2.24, 2.45) is 11.1 Å². The second-order valence-electron chi connectivity index (χ2n) is 12.0. The van der Waals surface area contributed by atoms with E-state index in [1.54, 1.807) is 30.9 Å². The molecule has 0 radical (unpaired) electrons. The summed E-state index contributed by atoms with van der Waals surface area (Å²) in [6, 6.07) is 17.4. The number of fused-ring (bicyclic) bond motifs is 1. The van der Waals surface area contributed by atoms with Gasteiger partial charge in [0, 0.05) is 51.3 Å². The summed E-state index contributed by atoms with van der Waals surface area (Å²) in [6.45, 7) is 4.28. The number of H-pyrrole nitrogens is 1. The van der Waals surface area contributed by atoms with Crippen LogP contribution in [0.15, 0.2) is 60.8 Å². The number of benzene rings is 2. The van der Waals surface area contributed by atoms with Crippen LogP contribution in [-0.2, 0) is 22.4 Å². The summed E-state index contributed by atoms with van der Waals surface area (Å²) in [5.41, 5.74) is 7.35. The van der Waals surface area contributed by atoms with E-state index in [-0.39, 0.29) is 11.8 Å². The average molecular weight is 549 g/mol. The standard InChI is InChI=1S/C31H44N6O3/c1-30(2,32)28(39)34-26(18-23-20-33-25-15-10-9-14-24(23)25)27(38)37-17-11-16-31(21-37,29(40)36(5)35(3)4)19-22-12-7-6-8-13-22/h6-10,12-15,20,26-27,33,38H,11,16-19,21,32H2,1-5H3,(H,34,39)/t26-,27?,31-/m1/s1. The summed E-state index contributed by atoms with van der Waals surface area (Å²) in [7, 11) is 5.49. The number of rotatable bonds is 10. The van der Waals surface area contributed by atoms with Gasteiger partial charge in [0.15, 0.2) is 0 Å². The Morgan fingerprint density at radius 2 is 1.80 bits per heavy atom. The molecular weight excluding hydrogens is 504 g/mol. The first kappa shape index (κ1) is 29.7. The average Bonchev–Trinajstić information content (AvgIpc) is 3.34. The number of hydrazine groups is 1. The molecule has 3 aromatic rings. The molecule has 0 aliphatic carbocycles. The maximum Gasteiger partial charge on any atom is 0.244 e. The van der Waals surface area contributed by atoms with E-state index in [2.05, 4.69) is 10.3 Å². The number of nitrogens with two attached hydrogens (primary N) is 1. The number of likely N-dealkylation sites (tertiary alicyclic amines) is 1. The molecule has 2 amide bonds. The number of carbonyl (C=O) groups is 2. The molecule has 9 nitrogen and oxygen atoms in total. The van der Waals surface area contributed by atoms with Crippen molar-refractivity contribution < 1.29 is 14.7 Å². The van der Waals surface area contributed by atoms with Crippen LogP contribution < -0.4 is 11.1 Å². The van der Waals surface area contributed by atoms with Gasteiger partial charge in [0.25, 0.3) is 0 Å². The highest BCUT2D eigenvalue weighted by molar-refractivity contribution is 5.86. The fraction of sp³-hybridized carbons (Fsp3) is 0.484. The number of amides is 2. The number of nitrogens with zero attached hydrogens (tertiary/aromatic N) is 3. The van der Waals surface area contributed by atoms with Crippen LogP contribution in [-0.4, -0.2) is 88.9 Å². The number of nitrogens with one attached hydrogen (secondary N) is 2. The van der Waals surface area contributed by atoms with Gasteiger partial charge >= 0.3 is 0 Å². The zero-order valence-electron chi connectivity index (χ0n) is 24.4. The molecule has 1 aliphatic rings. The van der Waals surface area contributed by atoms with Gasteiger partial charge in [-0.15, -0.1) is 0 Å². The number of hydrogen-bond acceptors (Lipinski definition) is 6. The van der Waals surface area contributed by atoms with Crippen LogP contribution in [0.25, 0.3) is 10.9 Å². The molecule has 0 saturated carbocycles. The maximum absolute atomic E-state index is 14.0. The van der Waals surface area contributed by atoms with E-state index in [4.69, 9.17) is 5.73 Å². The molecule has 1 aliphatic heterocycles. The number of aromatic amines is 1. The first-order chi connectivity index (χ1) is 18.9. The normalized spacial score (nSPS) is 19.9. The molecule has 1 unspecified atom stereocenters. The van der Waals surface area contributed by atoms with Crippen LogP contribution in [0.3, 0.4) is 0 Å². The van der Waals surface area contributed by atoms with Gasteiger partial charge in [-0.1, -0.05) is 48.5 Å². The maximum atomic E-state index is 14.0. The monoisotopic (exact) mass is 548 g/mol. The summed E-state index contributed by atoms with van der Waals surface area (Å²) in [4.78, 5) is 32.3. The molecule has 40 heavy (non-hydrogen) atoms. The summed E-state index contributed by atoms with van der Waals surface area (Å²) < 4.78 is 0. The molecule has 4 rings (SSSR count). The Hall–Kier alpha value is -3.24. The van der Waals surface area contributed by atoms with Gasteiger partial charge in [-0.25, -0.2) is 5.01 Å². The number of hydrogen-bond donors (Lipinski definition) is 4. The first-order valence-electron chi connectivity index (χ1n) is 14.0. The lowest BCUT2D eigenvalue weighted by molar-refractivity contribution is -0.161. The number of aromatic nitrogens is 1. The lowest BCUT2D eigenvalue weighted by Gasteiger charge is -2.47. The van der Waals surface area contributed by atoms with Crippen molar-refractivity contribution >= 4 is 22.7 Å². The minimum atomic E-state index is -1.11. The highest BCUT2D eigenvalue weighted by Gasteiger charge is 2.46. The third-order valence-corrected chi connectivity index (χ3v) is 8.09. The lowest BCUT2D eigenvalue weighted by atomic mass is 9.73. The van der Waals surface area contributed by atoms with Crippen molar-refractivity contribution in [1.29, 1.82) is 0 Å². The van der Waals surface area contributed by atoms with Crippen molar-refractivity contribution in [3.05, 3.63) is 71.9 Å². The predicted molar refractivity (Wildman–Crippen MR) is 158 cm³/mol. The minimum absolute atomic E-state index is 0.0126. The van der Waals surface area contributed by atoms with Crippen LogP contribution >= 0.6 is 0 Å². The molecular formula is C31H44N6O3. The van der Waals surface area contributed by atoms with Gasteiger partial charge in [-0.2, -0.15) is 0 Å². The van der Waals surface area contributed by atoms with E-state index >= 15 is 0 Å². The fourth-order valence-corrected chi connectivity index (χ4v) is 5.68. The summed E-state index contributed by atoms with van der Waals surface area (Å²) in [5.74, 6) is -0.328. The van der Waals surface area contributed by atoms with Crippen molar-refractivity contribution in [2.75, 3.05) is 34.2 Å². The summed E-state index contributed by atoms with van der Waals surface area (Å²) in [5, 5.41) is 19.4. The van der Waals surface area contributed by atoms with Crippen molar-refractivity contribution in [2.45, 2.75) is 57.3 Å². The third-order valence-electron chi connectivity index (χ3n) is 8.09. The van der Waals surface area contributed by atoms with Gasteiger partial charge in [0.2, 0.25) is 11.8 Å². The Morgan fingerprint density at radius 3 is 2.48 bits per heavy atom. The molecule has 1 saturated heterocycles. The molecule has 216 valence electrons. The number of aliphatic hydroxyl groups excluding tert-OH is 1. The van der Waals surface area contributed by atoms with Gasteiger partial charge in [0.1, 0.15) is 6.23 Å². The molecule has 0 bridgehead atoms. The number of para-hydroxylation sites is 1. The van der Waals surface area contributed by atoms with Gasteiger partial charge in [-0.05, 0) is 56.7 Å². The topological polar surface area (TPSA) is 118 Å². The SMILES string of the molecule is CN(C)N(C)C(=O)[C@@]1(Cc2ccccc2)CCCN(C(O)[C@@H](Cc2c[nH]c3ccccc23)NC(=O)C(C)(C)N)C1. The molecule has 2 aromatic carbocycles. The summed E-state index contributed by atoms with van der Waals surface area (Å²) >= 11 is 0. The fourth-order valence-electron chi connectivity index (χ4n) is 5.68. The Kier molecular flexibility index (Phi) is 8.99. The van der Waals surface area contributed by atoms with Crippen LogP contribution in [0, 0.1) is 5.41 Å². The van der Waals surface area contributed by atoms with Crippen molar-refractivity contribution in [3.63, 3.8) is 0 Å². The second kappa shape index (κ2) is 12.1. The third kappa shape index (κ3) is 6.55. The number of piperidine rings is 1. The smallest absolute Gasteiger partial charge is 0.244 e. The molecule has 2 heterocycles. The van der Waals surface area contributed by atoms with Gasteiger partial charge in [-0.3, -0.25) is 19.5 Å². The second-order valence-corrected chi connectivity index (χ2v) is 12.0. The largest absolute Gasteiger partial charge is 0.376 e. The predicted octanol–water partition coefficient (Wildman–Crippen LogP) is 2.51. The van der Waals surface area contributed by atoms with E-state index in [9.17, 15) is 14.7 Å². The Bertz CT molecular complexity index is 1300. The van der Waals surface area contributed by atoms with Crippen LogP contribution in [0.5, 0.6) is 0 Å². The highest BCUT2D eigenvalue weighted by Crippen LogP contribution is 2.37. The Morgan fingerprint density at radius 1 is 1.12 bits per heavy atom. The lowest BCUT2D eigenvalue weighted by Crippen LogP contribution is -2.62. The first-order valence-corrected chi connectivity index (χ1v) is 14.0. The van der Waals surface area contributed by atoms with Gasteiger partial charge < -0.3 is 21.1 Å². The molecule has 9 heteroatoms. The molecule has 1 aromatic heterocycles. The van der Waals surface area contributed by atoms with Crippen molar-refractivity contribution in [3.8, 4) is 0 Å². The minimum Gasteiger partial charge on any atom is -0.376 e.